The van der Waals surface area contributed by atoms with Crippen LogP contribution in [-0.2, 0) is 6.42 Å². The van der Waals surface area contributed by atoms with Crippen LogP contribution in [0, 0.1) is 5.82 Å². The molecular formula is C16H10BrFO2. The van der Waals surface area contributed by atoms with E-state index in [0.717, 1.165) is 5.39 Å². The summed E-state index contributed by atoms with van der Waals surface area (Å²) in [4.78, 5) is 12.2. The van der Waals surface area contributed by atoms with Crippen molar-refractivity contribution in [1.82, 2.24) is 0 Å². The summed E-state index contributed by atoms with van der Waals surface area (Å²) in [6.45, 7) is 0. The molecule has 20 heavy (non-hydrogen) atoms. The molecule has 0 aliphatic rings. The van der Waals surface area contributed by atoms with Gasteiger partial charge in [-0.3, -0.25) is 4.79 Å². The minimum Gasteiger partial charge on any atom is -0.453 e. The second kappa shape index (κ2) is 5.21. The Balaban J connectivity index is 1.90. The number of furan rings is 1. The molecule has 0 saturated carbocycles. The lowest BCUT2D eigenvalue weighted by Crippen LogP contribution is -2.03. The van der Waals surface area contributed by atoms with Gasteiger partial charge in [0.2, 0.25) is 5.78 Å². The highest BCUT2D eigenvalue weighted by molar-refractivity contribution is 9.10. The third kappa shape index (κ3) is 2.51. The second-order valence-corrected chi connectivity index (χ2v) is 5.34. The lowest BCUT2D eigenvalue weighted by atomic mass is 10.1. The molecule has 0 spiro atoms. The molecule has 3 rings (SSSR count). The Bertz CT molecular complexity index is 759. The summed E-state index contributed by atoms with van der Waals surface area (Å²) in [5, 5.41) is 0.883. The van der Waals surface area contributed by atoms with E-state index in [1.165, 1.54) is 12.1 Å². The molecule has 0 radical (unpaired) electrons. The monoisotopic (exact) mass is 332 g/mol. The fraction of sp³-hybridized carbons (Fsp3) is 0.0625. The van der Waals surface area contributed by atoms with E-state index < -0.39 is 0 Å². The van der Waals surface area contributed by atoms with Crippen molar-refractivity contribution in [3.8, 4) is 0 Å². The molecule has 0 atom stereocenters. The van der Waals surface area contributed by atoms with Crippen LogP contribution >= 0.6 is 15.9 Å². The standard InChI is InChI=1S/C16H10BrFO2/c17-13-6-5-12(18)7-11(13)8-14(19)16-9-10-3-1-2-4-15(10)20-16/h1-7,9H,8H2. The van der Waals surface area contributed by atoms with Gasteiger partial charge >= 0.3 is 0 Å². The van der Waals surface area contributed by atoms with E-state index in [0.29, 0.717) is 21.4 Å². The molecule has 0 saturated heterocycles. The molecule has 0 amide bonds. The Kier molecular flexibility index (Phi) is 3.40. The molecule has 0 fully saturated rings. The summed E-state index contributed by atoms with van der Waals surface area (Å²) in [7, 11) is 0. The van der Waals surface area contributed by atoms with Gasteiger partial charge < -0.3 is 4.42 Å². The van der Waals surface area contributed by atoms with Crippen molar-refractivity contribution in [1.29, 1.82) is 0 Å². The minimum atomic E-state index is -0.361. The van der Waals surface area contributed by atoms with E-state index in [2.05, 4.69) is 15.9 Å². The molecule has 1 heterocycles. The zero-order valence-electron chi connectivity index (χ0n) is 10.4. The van der Waals surface area contributed by atoms with Crippen LogP contribution in [0.4, 0.5) is 4.39 Å². The summed E-state index contributed by atoms with van der Waals surface area (Å²) in [6.07, 6.45) is 0.0954. The predicted octanol–water partition coefficient (Wildman–Crippen LogP) is 4.76. The van der Waals surface area contributed by atoms with E-state index in [-0.39, 0.29) is 18.0 Å². The third-order valence-electron chi connectivity index (χ3n) is 3.06. The fourth-order valence-corrected chi connectivity index (χ4v) is 2.44. The summed E-state index contributed by atoms with van der Waals surface area (Å²) >= 11 is 3.32. The van der Waals surface area contributed by atoms with Crippen LogP contribution in [0.15, 0.2) is 57.4 Å². The van der Waals surface area contributed by atoms with Crippen molar-refractivity contribution in [2.24, 2.45) is 0 Å². The Morgan fingerprint density at radius 1 is 1.15 bits per heavy atom. The number of ketones is 1. The van der Waals surface area contributed by atoms with Crippen molar-refractivity contribution in [3.05, 3.63) is 70.1 Å². The van der Waals surface area contributed by atoms with Gasteiger partial charge in [0.25, 0.3) is 0 Å². The number of fused-ring (bicyclic) bond motifs is 1. The van der Waals surface area contributed by atoms with Crippen LogP contribution in [-0.4, -0.2) is 5.78 Å². The first kappa shape index (κ1) is 13.1. The molecular weight excluding hydrogens is 323 g/mol. The summed E-state index contributed by atoms with van der Waals surface area (Å²) in [6, 6.07) is 13.4. The van der Waals surface area contributed by atoms with E-state index in [1.807, 2.05) is 24.3 Å². The van der Waals surface area contributed by atoms with Crippen molar-refractivity contribution in [3.63, 3.8) is 0 Å². The van der Waals surface area contributed by atoms with E-state index in [1.54, 1.807) is 12.1 Å². The highest BCUT2D eigenvalue weighted by Crippen LogP contribution is 2.23. The first-order valence-corrected chi connectivity index (χ1v) is 6.88. The largest absolute Gasteiger partial charge is 0.453 e. The predicted molar refractivity (Wildman–Crippen MR) is 78.3 cm³/mol. The van der Waals surface area contributed by atoms with Crippen LogP contribution in [0.3, 0.4) is 0 Å². The molecule has 0 N–H and O–H groups in total. The van der Waals surface area contributed by atoms with Crippen LogP contribution in [0.1, 0.15) is 16.1 Å². The Morgan fingerprint density at radius 2 is 1.95 bits per heavy atom. The zero-order chi connectivity index (χ0) is 14.1. The molecule has 100 valence electrons. The summed E-state index contributed by atoms with van der Waals surface area (Å²) < 4.78 is 19.4. The summed E-state index contributed by atoms with van der Waals surface area (Å²) in [5.74, 6) is -0.240. The molecule has 2 nitrogen and oxygen atoms in total. The fourth-order valence-electron chi connectivity index (χ4n) is 2.06. The molecule has 0 aliphatic carbocycles. The van der Waals surface area contributed by atoms with Gasteiger partial charge in [-0.15, -0.1) is 0 Å². The van der Waals surface area contributed by atoms with Crippen molar-refractivity contribution in [2.45, 2.75) is 6.42 Å². The average molecular weight is 333 g/mol. The molecule has 2 aromatic carbocycles. The number of halogens is 2. The van der Waals surface area contributed by atoms with Crippen molar-refractivity contribution >= 4 is 32.7 Å². The Labute approximate surface area is 123 Å². The SMILES string of the molecule is O=C(Cc1cc(F)ccc1Br)c1cc2ccccc2o1. The number of carbonyl (C=O) groups is 1. The van der Waals surface area contributed by atoms with Gasteiger partial charge in [-0.05, 0) is 35.9 Å². The molecule has 0 aliphatic heterocycles. The van der Waals surface area contributed by atoms with Gasteiger partial charge in [-0.25, -0.2) is 4.39 Å². The van der Waals surface area contributed by atoms with Gasteiger partial charge in [-0.1, -0.05) is 34.1 Å². The van der Waals surface area contributed by atoms with Crippen LogP contribution in [0.2, 0.25) is 0 Å². The number of para-hydroxylation sites is 1. The third-order valence-corrected chi connectivity index (χ3v) is 3.83. The summed E-state index contributed by atoms with van der Waals surface area (Å²) in [5.41, 5.74) is 1.28. The van der Waals surface area contributed by atoms with Gasteiger partial charge in [0.05, 0.1) is 0 Å². The number of benzene rings is 2. The quantitative estimate of drug-likeness (QED) is 0.647. The van der Waals surface area contributed by atoms with Crippen LogP contribution in [0.25, 0.3) is 11.0 Å². The Hall–Kier alpha value is -1.94. The first-order valence-electron chi connectivity index (χ1n) is 6.09. The molecule has 4 heteroatoms. The van der Waals surface area contributed by atoms with Gasteiger partial charge in [0, 0.05) is 16.3 Å². The molecule has 0 unspecified atom stereocenters. The van der Waals surface area contributed by atoms with Crippen molar-refractivity contribution < 1.29 is 13.6 Å². The number of hydrogen-bond acceptors (Lipinski definition) is 2. The zero-order valence-corrected chi connectivity index (χ0v) is 12.0. The normalized spacial score (nSPS) is 10.9. The van der Waals surface area contributed by atoms with E-state index in [4.69, 9.17) is 4.42 Å². The first-order chi connectivity index (χ1) is 9.63. The topological polar surface area (TPSA) is 30.2 Å². The lowest BCUT2D eigenvalue weighted by Gasteiger charge is -2.02. The number of rotatable bonds is 3. The lowest BCUT2D eigenvalue weighted by molar-refractivity contribution is 0.0968. The average Bonchev–Trinajstić information content (AvgIpc) is 2.87. The maximum absolute atomic E-state index is 13.2. The number of Topliss-reactive ketones (excluding diaryl/α,β-unsaturated/α-hetero) is 1. The maximum Gasteiger partial charge on any atom is 0.202 e. The molecule has 1 aromatic heterocycles. The van der Waals surface area contributed by atoms with Crippen LogP contribution in [0.5, 0.6) is 0 Å². The Morgan fingerprint density at radius 3 is 2.75 bits per heavy atom. The highest BCUT2D eigenvalue weighted by Gasteiger charge is 2.14. The maximum atomic E-state index is 13.2. The van der Waals surface area contributed by atoms with E-state index >= 15 is 0 Å². The van der Waals surface area contributed by atoms with Crippen molar-refractivity contribution in [2.75, 3.05) is 0 Å². The van der Waals surface area contributed by atoms with Gasteiger partial charge in [0.1, 0.15) is 11.4 Å². The number of hydrogen-bond donors (Lipinski definition) is 0. The second-order valence-electron chi connectivity index (χ2n) is 4.48. The van der Waals surface area contributed by atoms with Crippen LogP contribution < -0.4 is 0 Å². The van der Waals surface area contributed by atoms with Gasteiger partial charge in [0.15, 0.2) is 5.76 Å². The van der Waals surface area contributed by atoms with E-state index in [9.17, 15) is 9.18 Å². The highest BCUT2D eigenvalue weighted by atomic mass is 79.9. The molecule has 3 aromatic rings. The minimum absolute atomic E-state index is 0.0954. The van der Waals surface area contributed by atoms with Gasteiger partial charge in [-0.2, -0.15) is 0 Å². The molecule has 0 bridgehead atoms. The smallest absolute Gasteiger partial charge is 0.202 e. The number of carbonyl (C=O) groups excluding carboxylic acids is 1.